The second-order valence-electron chi connectivity index (χ2n) is 3.42. The predicted molar refractivity (Wildman–Crippen MR) is 68.7 cm³/mol. The number of rotatable bonds is 4. The monoisotopic (exact) mass is 316 g/mol. The minimum atomic E-state index is -0.452. The van der Waals surface area contributed by atoms with E-state index in [4.69, 9.17) is 9.84 Å². The van der Waals surface area contributed by atoms with E-state index in [1.165, 1.54) is 12.1 Å². The van der Waals surface area contributed by atoms with Crippen molar-refractivity contribution in [3.8, 4) is 5.75 Å². The van der Waals surface area contributed by atoms with E-state index in [1.54, 1.807) is 17.4 Å². The number of benzene rings is 1. The fraction of sp³-hybridized carbons (Fsp3) is 0.167. The summed E-state index contributed by atoms with van der Waals surface area (Å²) in [5, 5.41) is 8.85. The number of hydrogen-bond donors (Lipinski definition) is 1. The number of ether oxygens (including phenoxy) is 1. The molecular weight excluding hydrogens is 307 g/mol. The minimum absolute atomic E-state index is 0.172. The molecule has 1 aromatic heterocycles. The Balaban J connectivity index is 2.04. The molecule has 0 radical (unpaired) electrons. The zero-order chi connectivity index (χ0) is 12.3. The van der Waals surface area contributed by atoms with Crippen LogP contribution in [0.3, 0.4) is 0 Å². The van der Waals surface area contributed by atoms with Gasteiger partial charge in [0.05, 0.1) is 10.4 Å². The summed E-state index contributed by atoms with van der Waals surface area (Å²) >= 11 is 4.90. The first kappa shape index (κ1) is 12.5. The lowest BCUT2D eigenvalue weighted by Crippen LogP contribution is -1.96. The summed E-state index contributed by atoms with van der Waals surface area (Å²) in [6, 6.07) is 8.30. The van der Waals surface area contributed by atoms with Gasteiger partial charge in [-0.25, -0.2) is 4.39 Å². The van der Waals surface area contributed by atoms with Crippen LogP contribution in [-0.2, 0) is 13.2 Å². The van der Waals surface area contributed by atoms with E-state index in [-0.39, 0.29) is 12.4 Å². The molecule has 0 aliphatic rings. The first-order valence-corrected chi connectivity index (χ1v) is 6.56. The van der Waals surface area contributed by atoms with Gasteiger partial charge in [-0.1, -0.05) is 6.07 Å². The summed E-state index contributed by atoms with van der Waals surface area (Å²) in [5.74, 6) is -0.251. The number of aliphatic hydroxyl groups excluding tert-OH is 1. The summed E-state index contributed by atoms with van der Waals surface area (Å²) in [6.07, 6.45) is 0. The molecule has 1 N–H and O–H groups in total. The highest BCUT2D eigenvalue weighted by Gasteiger charge is 2.05. The summed E-state index contributed by atoms with van der Waals surface area (Å²) in [4.78, 5) is 1.02. The Labute approximate surface area is 111 Å². The van der Waals surface area contributed by atoms with Gasteiger partial charge in [-0.2, -0.15) is 0 Å². The molecule has 0 saturated heterocycles. The van der Waals surface area contributed by atoms with Crippen molar-refractivity contribution in [2.75, 3.05) is 0 Å². The van der Waals surface area contributed by atoms with Crippen molar-refractivity contribution in [2.24, 2.45) is 0 Å². The van der Waals surface area contributed by atoms with Crippen molar-refractivity contribution in [3.63, 3.8) is 0 Å². The maximum atomic E-state index is 13.5. The number of aliphatic hydroxyl groups is 1. The van der Waals surface area contributed by atoms with Crippen molar-refractivity contribution in [1.29, 1.82) is 0 Å². The molecule has 2 aromatic rings. The molecule has 0 atom stereocenters. The molecular formula is C12H10BrFO2S. The van der Waals surface area contributed by atoms with Crippen molar-refractivity contribution in [3.05, 3.63) is 50.4 Å². The lowest BCUT2D eigenvalue weighted by molar-refractivity contribution is 0.277. The quantitative estimate of drug-likeness (QED) is 0.931. The third-order valence-electron chi connectivity index (χ3n) is 2.18. The predicted octanol–water partition coefficient (Wildman–Crippen LogP) is 3.72. The Morgan fingerprint density at radius 1 is 1.29 bits per heavy atom. The number of halogens is 2. The molecule has 0 aliphatic carbocycles. The van der Waals surface area contributed by atoms with Crippen molar-refractivity contribution >= 4 is 27.3 Å². The second kappa shape index (κ2) is 5.62. The Bertz CT molecular complexity index is 513. The highest BCUT2D eigenvalue weighted by molar-refractivity contribution is 9.11. The van der Waals surface area contributed by atoms with Crippen molar-refractivity contribution in [1.82, 2.24) is 0 Å². The van der Waals surface area contributed by atoms with E-state index in [0.29, 0.717) is 12.2 Å². The molecule has 0 saturated carbocycles. The average Bonchev–Trinajstić information content (AvgIpc) is 2.73. The van der Waals surface area contributed by atoms with Gasteiger partial charge in [0.1, 0.15) is 6.61 Å². The Morgan fingerprint density at radius 3 is 2.71 bits per heavy atom. The van der Waals surface area contributed by atoms with Gasteiger partial charge in [0.2, 0.25) is 0 Å². The topological polar surface area (TPSA) is 29.5 Å². The molecule has 0 spiro atoms. The van der Waals surface area contributed by atoms with Crippen LogP contribution < -0.4 is 4.74 Å². The molecule has 5 heteroatoms. The van der Waals surface area contributed by atoms with Gasteiger partial charge in [0.15, 0.2) is 11.6 Å². The lowest BCUT2D eigenvalue weighted by Gasteiger charge is -2.06. The van der Waals surface area contributed by atoms with Gasteiger partial charge >= 0.3 is 0 Å². The molecule has 0 fully saturated rings. The maximum absolute atomic E-state index is 13.5. The van der Waals surface area contributed by atoms with Crippen LogP contribution in [0.1, 0.15) is 10.4 Å². The number of thiophene rings is 1. The van der Waals surface area contributed by atoms with Crippen LogP contribution in [0.2, 0.25) is 0 Å². The zero-order valence-electron chi connectivity index (χ0n) is 8.82. The van der Waals surface area contributed by atoms with E-state index in [0.717, 1.165) is 8.66 Å². The Kier molecular flexibility index (Phi) is 4.15. The van der Waals surface area contributed by atoms with Crippen LogP contribution >= 0.6 is 27.3 Å². The molecule has 0 unspecified atom stereocenters. The zero-order valence-corrected chi connectivity index (χ0v) is 11.2. The SMILES string of the molecule is OCc1ccc(OCc2ccc(Br)s2)c(F)c1. The summed E-state index contributed by atoms with van der Waals surface area (Å²) < 4.78 is 19.9. The van der Waals surface area contributed by atoms with E-state index < -0.39 is 5.82 Å². The summed E-state index contributed by atoms with van der Waals surface area (Å²) in [5.41, 5.74) is 0.536. The molecule has 1 aromatic carbocycles. The van der Waals surface area contributed by atoms with Crippen LogP contribution in [0.25, 0.3) is 0 Å². The second-order valence-corrected chi connectivity index (χ2v) is 5.96. The number of hydrogen-bond acceptors (Lipinski definition) is 3. The first-order chi connectivity index (χ1) is 8.19. The highest BCUT2D eigenvalue weighted by atomic mass is 79.9. The standard InChI is InChI=1S/C12H10BrFO2S/c13-12-4-2-9(17-12)7-16-11-3-1-8(6-15)5-10(11)14/h1-5,15H,6-7H2. The molecule has 0 amide bonds. The van der Waals surface area contributed by atoms with Crippen LogP contribution in [-0.4, -0.2) is 5.11 Å². The van der Waals surface area contributed by atoms with Gasteiger partial charge < -0.3 is 9.84 Å². The molecule has 2 nitrogen and oxygen atoms in total. The molecule has 0 aliphatic heterocycles. The molecule has 90 valence electrons. The smallest absolute Gasteiger partial charge is 0.165 e. The first-order valence-electron chi connectivity index (χ1n) is 4.95. The van der Waals surface area contributed by atoms with Gasteiger partial charge in [-0.3, -0.25) is 0 Å². The Morgan fingerprint density at radius 2 is 2.12 bits per heavy atom. The highest BCUT2D eigenvalue weighted by Crippen LogP contribution is 2.25. The lowest BCUT2D eigenvalue weighted by atomic mass is 10.2. The van der Waals surface area contributed by atoms with Crippen molar-refractivity contribution < 1.29 is 14.2 Å². The maximum Gasteiger partial charge on any atom is 0.165 e. The third-order valence-corrected chi connectivity index (χ3v) is 3.77. The largest absolute Gasteiger partial charge is 0.485 e. The fourth-order valence-corrected chi connectivity index (χ4v) is 2.73. The van der Waals surface area contributed by atoms with Crippen LogP contribution in [0.5, 0.6) is 5.75 Å². The Hall–Kier alpha value is -0.910. The van der Waals surface area contributed by atoms with Gasteiger partial charge in [0.25, 0.3) is 0 Å². The van der Waals surface area contributed by atoms with E-state index >= 15 is 0 Å². The summed E-state index contributed by atoms with van der Waals surface area (Å²) in [7, 11) is 0. The average molecular weight is 317 g/mol. The van der Waals surface area contributed by atoms with E-state index in [9.17, 15) is 4.39 Å². The van der Waals surface area contributed by atoms with Crippen molar-refractivity contribution in [2.45, 2.75) is 13.2 Å². The van der Waals surface area contributed by atoms with Crippen LogP contribution in [0.15, 0.2) is 34.1 Å². The molecule has 17 heavy (non-hydrogen) atoms. The molecule has 0 bridgehead atoms. The molecule has 1 heterocycles. The van der Waals surface area contributed by atoms with E-state index in [2.05, 4.69) is 15.9 Å². The minimum Gasteiger partial charge on any atom is -0.485 e. The van der Waals surface area contributed by atoms with Gasteiger partial charge in [0, 0.05) is 4.88 Å². The molecule has 2 rings (SSSR count). The summed E-state index contributed by atoms with van der Waals surface area (Å²) in [6.45, 7) is 0.167. The third kappa shape index (κ3) is 3.28. The van der Waals surface area contributed by atoms with Gasteiger partial charge in [-0.05, 0) is 45.8 Å². The normalized spacial score (nSPS) is 10.5. The van der Waals surface area contributed by atoms with E-state index in [1.807, 2.05) is 12.1 Å². The van der Waals surface area contributed by atoms with Crippen LogP contribution in [0, 0.1) is 5.82 Å². The van der Waals surface area contributed by atoms with Crippen LogP contribution in [0.4, 0.5) is 4.39 Å². The fourth-order valence-electron chi connectivity index (χ4n) is 1.34. The van der Waals surface area contributed by atoms with Gasteiger partial charge in [-0.15, -0.1) is 11.3 Å².